The molecule has 0 radical (unpaired) electrons. The lowest BCUT2D eigenvalue weighted by Crippen LogP contribution is -2.32. The Balaban J connectivity index is 2.97. The molecule has 0 fully saturated rings. The van der Waals surface area contributed by atoms with Crippen LogP contribution >= 0.6 is 11.8 Å². The number of carbonyl (C=O) groups is 1. The number of carboxylic acid groups (broad SMARTS) is 1. The van der Waals surface area contributed by atoms with E-state index in [1.807, 2.05) is 13.1 Å². The second-order valence-electron chi connectivity index (χ2n) is 4.00. The monoisotopic (exact) mass is 266 g/mol. The summed E-state index contributed by atoms with van der Waals surface area (Å²) < 4.78 is 0. The van der Waals surface area contributed by atoms with Crippen molar-refractivity contribution in [3.05, 3.63) is 30.0 Å². The Kier molecular flexibility index (Phi) is 5.71. The molecule has 0 aliphatic heterocycles. The molecule has 4 nitrogen and oxygen atoms in total. The van der Waals surface area contributed by atoms with E-state index in [1.165, 1.54) is 0 Å². The van der Waals surface area contributed by atoms with Gasteiger partial charge in [0.05, 0.1) is 0 Å². The summed E-state index contributed by atoms with van der Waals surface area (Å²) in [7, 11) is 1.97. The van der Waals surface area contributed by atoms with E-state index in [1.54, 1.807) is 30.1 Å². The Morgan fingerprint density at radius 3 is 3.00 bits per heavy atom. The van der Waals surface area contributed by atoms with E-state index in [0.29, 0.717) is 6.04 Å². The summed E-state index contributed by atoms with van der Waals surface area (Å²) >= 11 is 1.78. The smallest absolute Gasteiger partial charge is 0.328 e. The van der Waals surface area contributed by atoms with Gasteiger partial charge < -0.3 is 10.0 Å². The minimum Gasteiger partial charge on any atom is -0.478 e. The van der Waals surface area contributed by atoms with Crippen LogP contribution < -0.4 is 4.90 Å². The van der Waals surface area contributed by atoms with Gasteiger partial charge in [0.25, 0.3) is 0 Å². The number of anilines is 1. The number of nitrogens with zero attached hydrogens (tertiary/aromatic N) is 2. The Morgan fingerprint density at radius 2 is 2.39 bits per heavy atom. The van der Waals surface area contributed by atoms with Gasteiger partial charge in [0.15, 0.2) is 0 Å². The summed E-state index contributed by atoms with van der Waals surface area (Å²) in [5, 5.41) is 8.67. The molecule has 0 amide bonds. The van der Waals surface area contributed by atoms with E-state index in [2.05, 4.69) is 23.1 Å². The van der Waals surface area contributed by atoms with Gasteiger partial charge in [-0.3, -0.25) is 0 Å². The average Bonchev–Trinajstić information content (AvgIpc) is 2.36. The van der Waals surface area contributed by atoms with Crippen LogP contribution in [0.4, 0.5) is 5.82 Å². The maximum atomic E-state index is 10.6. The fourth-order valence-corrected chi connectivity index (χ4v) is 2.26. The zero-order chi connectivity index (χ0) is 13.5. The van der Waals surface area contributed by atoms with Gasteiger partial charge in [-0.05, 0) is 31.4 Å². The number of carboxylic acids is 1. The molecule has 18 heavy (non-hydrogen) atoms. The Labute approximate surface area is 112 Å². The molecular weight excluding hydrogens is 248 g/mol. The van der Waals surface area contributed by atoms with Crippen LogP contribution in [0.1, 0.15) is 12.5 Å². The Morgan fingerprint density at radius 1 is 1.67 bits per heavy atom. The van der Waals surface area contributed by atoms with Crippen LogP contribution in [0, 0.1) is 0 Å². The first-order valence-electron chi connectivity index (χ1n) is 5.64. The van der Waals surface area contributed by atoms with Crippen LogP contribution in [0.5, 0.6) is 0 Å². The lowest BCUT2D eigenvalue weighted by atomic mass is 10.2. The molecular formula is C13H18N2O2S. The van der Waals surface area contributed by atoms with Crippen molar-refractivity contribution in [3.8, 4) is 0 Å². The molecule has 5 heteroatoms. The standard InChI is InChI=1S/C13H18N2O2S/c1-10(9-18-3)15(2)13-11(5-4-8-14-13)6-7-12(16)17/h4-8,10H,9H2,1-3H3,(H,16,17)/b7-6+. The molecule has 1 heterocycles. The minimum absolute atomic E-state index is 0.340. The predicted octanol–water partition coefficient (Wildman–Crippen LogP) is 2.37. The Hall–Kier alpha value is -1.49. The third-order valence-corrected chi connectivity index (χ3v) is 3.44. The molecule has 1 rings (SSSR count). The second-order valence-corrected chi connectivity index (χ2v) is 4.91. The highest BCUT2D eigenvalue weighted by Gasteiger charge is 2.13. The van der Waals surface area contributed by atoms with Crippen LogP contribution in [-0.4, -0.2) is 41.2 Å². The van der Waals surface area contributed by atoms with E-state index in [-0.39, 0.29) is 0 Å². The lowest BCUT2D eigenvalue weighted by molar-refractivity contribution is -0.131. The van der Waals surface area contributed by atoms with Gasteiger partial charge in [-0.25, -0.2) is 9.78 Å². The third-order valence-electron chi connectivity index (χ3n) is 2.63. The van der Waals surface area contributed by atoms with Crippen molar-refractivity contribution in [2.24, 2.45) is 0 Å². The first-order valence-corrected chi connectivity index (χ1v) is 7.03. The second kappa shape index (κ2) is 7.06. The Bertz CT molecular complexity index is 435. The first kappa shape index (κ1) is 14.6. The van der Waals surface area contributed by atoms with Crippen LogP contribution in [0.15, 0.2) is 24.4 Å². The van der Waals surface area contributed by atoms with E-state index in [0.717, 1.165) is 23.2 Å². The molecule has 0 saturated heterocycles. The van der Waals surface area contributed by atoms with Gasteiger partial charge in [-0.2, -0.15) is 11.8 Å². The summed E-state index contributed by atoms with van der Waals surface area (Å²) in [6.07, 6.45) is 6.49. The van der Waals surface area contributed by atoms with Gasteiger partial charge in [-0.15, -0.1) is 0 Å². The fraction of sp³-hybridized carbons (Fsp3) is 0.385. The van der Waals surface area contributed by atoms with Crippen molar-refractivity contribution in [1.29, 1.82) is 0 Å². The van der Waals surface area contributed by atoms with E-state index >= 15 is 0 Å². The molecule has 0 spiro atoms. The first-order chi connectivity index (χ1) is 8.56. The summed E-state index contributed by atoms with van der Waals surface area (Å²) in [5.41, 5.74) is 0.815. The van der Waals surface area contributed by atoms with Crippen molar-refractivity contribution >= 4 is 29.6 Å². The highest BCUT2D eigenvalue weighted by Crippen LogP contribution is 2.20. The number of aliphatic carboxylic acids is 1. The van der Waals surface area contributed by atoms with Crippen molar-refractivity contribution in [2.75, 3.05) is 24.0 Å². The van der Waals surface area contributed by atoms with Crippen molar-refractivity contribution in [2.45, 2.75) is 13.0 Å². The molecule has 0 bridgehead atoms. The largest absolute Gasteiger partial charge is 0.478 e. The van der Waals surface area contributed by atoms with Crippen LogP contribution in [0.3, 0.4) is 0 Å². The minimum atomic E-state index is -0.954. The SMILES string of the molecule is CSCC(C)N(C)c1ncccc1/C=C/C(=O)O. The summed E-state index contributed by atoms with van der Waals surface area (Å²) in [4.78, 5) is 17.0. The van der Waals surface area contributed by atoms with E-state index in [4.69, 9.17) is 5.11 Å². The average molecular weight is 266 g/mol. The van der Waals surface area contributed by atoms with Crippen molar-refractivity contribution in [1.82, 2.24) is 4.98 Å². The molecule has 1 atom stereocenters. The van der Waals surface area contributed by atoms with Gasteiger partial charge in [0.1, 0.15) is 5.82 Å². The molecule has 0 aliphatic rings. The van der Waals surface area contributed by atoms with Gasteiger partial charge in [0, 0.05) is 36.7 Å². The van der Waals surface area contributed by atoms with Crippen molar-refractivity contribution < 1.29 is 9.90 Å². The molecule has 0 aromatic carbocycles. The maximum absolute atomic E-state index is 10.6. The number of hydrogen-bond donors (Lipinski definition) is 1. The van der Waals surface area contributed by atoms with Gasteiger partial charge in [0.2, 0.25) is 0 Å². The number of thioether (sulfide) groups is 1. The van der Waals surface area contributed by atoms with Crippen LogP contribution in [-0.2, 0) is 4.79 Å². The van der Waals surface area contributed by atoms with E-state index < -0.39 is 5.97 Å². The highest BCUT2D eigenvalue weighted by atomic mass is 32.2. The van der Waals surface area contributed by atoms with Crippen LogP contribution in [0.2, 0.25) is 0 Å². The molecule has 1 aromatic rings. The predicted molar refractivity (Wildman–Crippen MR) is 77.2 cm³/mol. The number of aromatic nitrogens is 1. The normalized spacial score (nSPS) is 12.6. The lowest BCUT2D eigenvalue weighted by Gasteiger charge is -2.26. The summed E-state index contributed by atoms with van der Waals surface area (Å²) in [5.74, 6) is 0.844. The number of pyridine rings is 1. The zero-order valence-corrected chi connectivity index (χ0v) is 11.6. The molecule has 98 valence electrons. The summed E-state index contributed by atoms with van der Waals surface area (Å²) in [6.45, 7) is 2.12. The third kappa shape index (κ3) is 4.07. The number of rotatable bonds is 6. The quantitative estimate of drug-likeness (QED) is 0.801. The van der Waals surface area contributed by atoms with E-state index in [9.17, 15) is 4.79 Å². The molecule has 1 aromatic heterocycles. The molecule has 0 aliphatic carbocycles. The zero-order valence-electron chi connectivity index (χ0n) is 10.8. The summed E-state index contributed by atoms with van der Waals surface area (Å²) in [6, 6.07) is 4.01. The molecule has 0 saturated carbocycles. The van der Waals surface area contributed by atoms with Gasteiger partial charge >= 0.3 is 5.97 Å². The van der Waals surface area contributed by atoms with Crippen LogP contribution in [0.25, 0.3) is 6.08 Å². The number of hydrogen-bond acceptors (Lipinski definition) is 4. The molecule has 1 N–H and O–H groups in total. The fourth-order valence-electron chi connectivity index (χ4n) is 1.56. The van der Waals surface area contributed by atoms with Crippen molar-refractivity contribution in [3.63, 3.8) is 0 Å². The van der Waals surface area contributed by atoms with Gasteiger partial charge in [-0.1, -0.05) is 0 Å². The topological polar surface area (TPSA) is 53.4 Å². The molecule has 1 unspecified atom stereocenters. The highest BCUT2D eigenvalue weighted by molar-refractivity contribution is 7.98. The maximum Gasteiger partial charge on any atom is 0.328 e.